The number of aromatic amines is 1. The summed E-state index contributed by atoms with van der Waals surface area (Å²) < 4.78 is 0. The van der Waals surface area contributed by atoms with Crippen molar-refractivity contribution in [3.05, 3.63) is 65.0 Å². The predicted octanol–water partition coefficient (Wildman–Crippen LogP) is 5.12. The number of rotatable bonds is 2. The molecule has 0 bridgehead atoms. The van der Waals surface area contributed by atoms with Crippen molar-refractivity contribution in [3.8, 4) is 12.8 Å². The molecule has 0 radical (unpaired) electrons. The normalized spacial score (nSPS) is 19.6. The van der Waals surface area contributed by atoms with E-state index >= 15 is 0 Å². The van der Waals surface area contributed by atoms with E-state index in [1.54, 1.807) is 6.92 Å². The second-order valence-corrected chi connectivity index (χ2v) is 9.66. The van der Waals surface area contributed by atoms with E-state index in [0.717, 1.165) is 52.2 Å². The molecule has 4 heterocycles. The number of terminal acetylenes is 1. The number of nitrogens with zero attached hydrogens (tertiary/aromatic N) is 1. The number of benzene rings is 1. The molecule has 3 aliphatic rings. The van der Waals surface area contributed by atoms with Gasteiger partial charge in [0.05, 0.1) is 5.69 Å². The van der Waals surface area contributed by atoms with Crippen LogP contribution in [-0.4, -0.2) is 29.8 Å². The predicted molar refractivity (Wildman–Crippen MR) is 135 cm³/mol. The summed E-state index contributed by atoms with van der Waals surface area (Å²) in [4.78, 5) is 29.4. The number of amides is 1. The van der Waals surface area contributed by atoms with Gasteiger partial charge < -0.3 is 15.2 Å². The van der Waals surface area contributed by atoms with Crippen LogP contribution < -0.4 is 10.2 Å². The molecule has 5 nitrogen and oxygen atoms in total. The molecule has 0 spiro atoms. The first-order valence-electron chi connectivity index (χ1n) is 10.7. The molecule has 166 valence electrons. The number of allylic oxidation sites excluding steroid dienone is 3. The van der Waals surface area contributed by atoms with Gasteiger partial charge in [-0.3, -0.25) is 9.59 Å². The number of hydrogen-bond acceptors (Lipinski definition) is 3. The Bertz CT molecular complexity index is 1140. The van der Waals surface area contributed by atoms with Crippen molar-refractivity contribution < 1.29 is 9.59 Å². The molecule has 32 heavy (non-hydrogen) atoms. The van der Waals surface area contributed by atoms with E-state index in [2.05, 4.69) is 43.2 Å². The zero-order valence-corrected chi connectivity index (χ0v) is 19.8. The maximum atomic E-state index is 12.8. The molecule has 0 aliphatic carbocycles. The smallest absolute Gasteiger partial charge is 0.258 e. The van der Waals surface area contributed by atoms with Crippen molar-refractivity contribution in [2.75, 3.05) is 18.0 Å². The quantitative estimate of drug-likeness (QED) is 0.382. The summed E-state index contributed by atoms with van der Waals surface area (Å²) in [6.45, 7) is 13.4. The van der Waals surface area contributed by atoms with Crippen LogP contribution in [0.25, 0.3) is 10.9 Å². The fourth-order valence-electron chi connectivity index (χ4n) is 4.11. The first-order chi connectivity index (χ1) is 15.3. The van der Waals surface area contributed by atoms with Gasteiger partial charge in [-0.2, -0.15) is 0 Å². The van der Waals surface area contributed by atoms with Crippen molar-refractivity contribution in [2.45, 2.75) is 33.1 Å². The van der Waals surface area contributed by atoms with Crippen LogP contribution in [0.5, 0.6) is 0 Å². The number of H-pyrrole nitrogens is 1. The summed E-state index contributed by atoms with van der Waals surface area (Å²) >= 11 is 0. The van der Waals surface area contributed by atoms with Gasteiger partial charge in [-0.25, -0.2) is 0 Å². The Morgan fingerprint density at radius 1 is 1.25 bits per heavy atom. The van der Waals surface area contributed by atoms with Gasteiger partial charge in [-0.05, 0) is 54.3 Å². The maximum Gasteiger partial charge on any atom is 0.258 e. The molecule has 2 aromatic rings. The summed E-state index contributed by atoms with van der Waals surface area (Å²) in [5.41, 5.74) is 4.91. The molecule has 1 amide bonds. The van der Waals surface area contributed by atoms with E-state index in [9.17, 15) is 9.59 Å². The molecule has 5 rings (SSSR count). The molecule has 2 N–H and O–H groups in total. The lowest BCUT2D eigenvalue weighted by Gasteiger charge is -2.18. The number of Topliss-reactive ketones (excluding diaryl/α,β-unsaturated/α-hetero) is 1. The maximum absolute atomic E-state index is 12.8. The number of carbonyl (C=O) groups is 2. The summed E-state index contributed by atoms with van der Waals surface area (Å²) in [7, 11) is 0.424. The van der Waals surface area contributed by atoms with E-state index in [-0.39, 0.29) is 11.7 Å². The summed E-state index contributed by atoms with van der Waals surface area (Å²) in [5, 5.41) is 6.23. The molecule has 6 heteroatoms. The number of anilines is 1. The number of fused-ring (bicyclic) bond motifs is 3. The average molecular weight is 448 g/mol. The lowest BCUT2D eigenvalue weighted by molar-refractivity contribution is -0.114. The second-order valence-electron chi connectivity index (χ2n) is 8.16. The topological polar surface area (TPSA) is 65.2 Å². The first-order valence-corrected chi connectivity index (χ1v) is 11.7. The average Bonchev–Trinajstić information content (AvgIpc) is 3.56. The van der Waals surface area contributed by atoms with Gasteiger partial charge in [0.1, 0.15) is 0 Å². The fourth-order valence-corrected chi connectivity index (χ4v) is 5.15. The van der Waals surface area contributed by atoms with Crippen molar-refractivity contribution in [2.24, 2.45) is 5.92 Å². The summed E-state index contributed by atoms with van der Waals surface area (Å²) in [6.07, 6.45) is 12.9. The Balaban J connectivity index is 0.000000272. The van der Waals surface area contributed by atoms with Gasteiger partial charge >= 0.3 is 0 Å². The van der Waals surface area contributed by atoms with Crippen LogP contribution in [0, 0.1) is 18.8 Å². The van der Waals surface area contributed by atoms with Gasteiger partial charge in [-0.1, -0.05) is 34.7 Å². The molecule has 1 aromatic carbocycles. The number of aromatic nitrogens is 1. The van der Waals surface area contributed by atoms with Gasteiger partial charge in [0, 0.05) is 47.6 Å². The van der Waals surface area contributed by atoms with Crippen LogP contribution in [0.1, 0.15) is 42.7 Å². The minimum absolute atomic E-state index is 0.0247. The molecular weight excluding hydrogens is 417 g/mol. The Morgan fingerprint density at radius 3 is 2.53 bits per heavy atom. The molecule has 0 saturated carbocycles. The number of carbonyl (C=O) groups excluding carboxylic acids is 2. The molecular formula is C26H30N3O2P. The molecule has 1 aromatic heterocycles. The highest BCUT2D eigenvalue weighted by Crippen LogP contribution is 2.44. The van der Waals surface area contributed by atoms with Gasteiger partial charge in [0.15, 0.2) is 5.78 Å². The van der Waals surface area contributed by atoms with Crippen LogP contribution in [0.15, 0.2) is 53.8 Å². The minimum atomic E-state index is 0.0247. The van der Waals surface area contributed by atoms with E-state index < -0.39 is 0 Å². The fraction of sp³-hybridized carbons (Fsp3) is 0.308. The molecule has 3 aliphatic heterocycles. The van der Waals surface area contributed by atoms with Crippen LogP contribution in [0.3, 0.4) is 0 Å². The lowest BCUT2D eigenvalue weighted by Crippen LogP contribution is -2.28. The van der Waals surface area contributed by atoms with Crippen LogP contribution >= 0.6 is 8.58 Å². The van der Waals surface area contributed by atoms with E-state index in [1.807, 2.05) is 29.2 Å². The summed E-state index contributed by atoms with van der Waals surface area (Å²) in [5.74, 6) is 0.833. The van der Waals surface area contributed by atoms with Crippen molar-refractivity contribution in [1.82, 2.24) is 10.3 Å². The number of hydrogen-bond donors (Lipinski definition) is 2. The largest absolute Gasteiger partial charge is 0.389 e. The molecule has 1 saturated heterocycles. The van der Waals surface area contributed by atoms with E-state index in [0.29, 0.717) is 26.7 Å². The van der Waals surface area contributed by atoms with Gasteiger partial charge in [0.2, 0.25) is 0 Å². The van der Waals surface area contributed by atoms with Crippen molar-refractivity contribution in [3.63, 3.8) is 0 Å². The Labute approximate surface area is 191 Å². The number of ketones is 1. The number of nitrogens with one attached hydrogen (secondary N) is 2. The monoisotopic (exact) mass is 447 g/mol. The van der Waals surface area contributed by atoms with Crippen molar-refractivity contribution in [1.29, 1.82) is 0 Å². The Hall–Kier alpha value is -3.09. The lowest BCUT2D eigenvalue weighted by atomic mass is 10.1. The van der Waals surface area contributed by atoms with Crippen LogP contribution in [0.4, 0.5) is 5.69 Å². The second kappa shape index (κ2) is 10.0. The third-order valence-electron chi connectivity index (χ3n) is 6.01. The van der Waals surface area contributed by atoms with Crippen molar-refractivity contribution >= 4 is 36.9 Å². The SMILES string of the molecule is C#C.C=C1CC=C(C(=O)N2CCc3c2ccc2[nH]c(C(C)=O)cc32)P1.C=C1NCCC1C. The highest BCUT2D eigenvalue weighted by atomic mass is 31.1. The zero-order valence-electron chi connectivity index (χ0n) is 18.8. The van der Waals surface area contributed by atoms with Gasteiger partial charge in [-0.15, -0.1) is 12.8 Å². The van der Waals surface area contributed by atoms with Gasteiger partial charge in [0.25, 0.3) is 5.91 Å². The van der Waals surface area contributed by atoms with E-state index in [1.165, 1.54) is 12.1 Å². The highest BCUT2D eigenvalue weighted by molar-refractivity contribution is 7.50. The van der Waals surface area contributed by atoms with Crippen LogP contribution in [-0.2, 0) is 11.2 Å². The standard InChI is InChI=1S/C18H17N2O2P.C6H11N.C2H2/c1-10-3-6-17(23-10)18(22)20-8-7-12-13-9-15(11(2)21)19-14(13)4-5-16(12)20;1-5-3-4-7-6(5)2;1-2/h4-6,9,19,23H,1,3,7-8H2,2H3;5,7H,2-4H2,1H3;1-2H. The third kappa shape index (κ3) is 4.71. The highest BCUT2D eigenvalue weighted by Gasteiger charge is 2.29. The molecule has 1 fully saturated rings. The van der Waals surface area contributed by atoms with E-state index in [4.69, 9.17) is 0 Å². The minimum Gasteiger partial charge on any atom is -0.389 e. The molecule has 2 atom stereocenters. The zero-order chi connectivity index (χ0) is 23.4. The Morgan fingerprint density at radius 2 is 2.00 bits per heavy atom. The third-order valence-corrected chi connectivity index (χ3v) is 7.25. The molecule has 2 unspecified atom stereocenters. The van der Waals surface area contributed by atoms with Crippen LogP contribution in [0.2, 0.25) is 0 Å². The Kier molecular flexibility index (Phi) is 7.38. The first kappa shape index (κ1) is 23.6. The summed E-state index contributed by atoms with van der Waals surface area (Å²) in [6, 6.07) is 5.84.